The van der Waals surface area contributed by atoms with Gasteiger partial charge in [0, 0.05) is 21.8 Å². The van der Waals surface area contributed by atoms with Gasteiger partial charge in [-0.05, 0) is 35.9 Å². The molecule has 5 rings (SSSR count). The molecule has 0 saturated heterocycles. The molecule has 0 aromatic heterocycles. The summed E-state index contributed by atoms with van der Waals surface area (Å²) in [6, 6.07) is 25.4. The lowest BCUT2D eigenvalue weighted by atomic mass is 9.79. The number of nitrogens with zero attached hydrogens (tertiary/aromatic N) is 3. The summed E-state index contributed by atoms with van der Waals surface area (Å²) in [6.07, 6.45) is -0.594. The van der Waals surface area contributed by atoms with Gasteiger partial charge in [-0.1, -0.05) is 65.3 Å². The van der Waals surface area contributed by atoms with E-state index in [-0.39, 0.29) is 11.8 Å². The van der Waals surface area contributed by atoms with Crippen molar-refractivity contribution in [1.29, 1.82) is 5.26 Å². The SMILES string of the molecule is N#C[C@@H]1[C@H]2ON=C(c3ccc(Cl)cc3)[C@H]2c2ccccc2N1C(=O)c1ccccc1. The molecule has 6 heteroatoms. The second kappa shape index (κ2) is 7.33. The van der Waals surface area contributed by atoms with E-state index in [1.807, 2.05) is 42.5 Å². The van der Waals surface area contributed by atoms with Gasteiger partial charge in [-0.3, -0.25) is 9.69 Å². The lowest BCUT2D eigenvalue weighted by Gasteiger charge is -2.39. The Morgan fingerprint density at radius 1 is 1.00 bits per heavy atom. The number of carbonyl (C=O) groups is 1. The monoisotopic (exact) mass is 413 g/mol. The number of nitriles is 1. The first kappa shape index (κ1) is 18.4. The zero-order valence-corrected chi connectivity index (χ0v) is 16.5. The first-order valence-electron chi connectivity index (χ1n) is 9.56. The number of anilines is 1. The number of amides is 1. The van der Waals surface area contributed by atoms with Crippen LogP contribution >= 0.6 is 11.6 Å². The van der Waals surface area contributed by atoms with Gasteiger partial charge in [0.15, 0.2) is 12.1 Å². The van der Waals surface area contributed by atoms with Crippen LogP contribution in [-0.2, 0) is 4.84 Å². The third-order valence-electron chi connectivity index (χ3n) is 5.53. The van der Waals surface area contributed by atoms with Gasteiger partial charge in [-0.15, -0.1) is 0 Å². The van der Waals surface area contributed by atoms with Crippen LogP contribution in [0, 0.1) is 11.3 Å². The summed E-state index contributed by atoms with van der Waals surface area (Å²) in [5, 5.41) is 15.0. The predicted molar refractivity (Wildman–Crippen MR) is 115 cm³/mol. The molecule has 0 spiro atoms. The molecule has 146 valence electrons. The highest BCUT2D eigenvalue weighted by Crippen LogP contribution is 2.45. The van der Waals surface area contributed by atoms with E-state index in [4.69, 9.17) is 16.4 Å². The van der Waals surface area contributed by atoms with Gasteiger partial charge in [0.2, 0.25) is 0 Å². The lowest BCUT2D eigenvalue weighted by molar-refractivity contribution is 0.0596. The second-order valence-electron chi connectivity index (χ2n) is 7.21. The second-order valence-corrected chi connectivity index (χ2v) is 7.64. The molecule has 5 nitrogen and oxygen atoms in total. The Bertz CT molecular complexity index is 1190. The van der Waals surface area contributed by atoms with E-state index in [1.165, 1.54) is 4.90 Å². The number of oxime groups is 1. The molecule has 2 aliphatic heterocycles. The summed E-state index contributed by atoms with van der Waals surface area (Å²) in [5.41, 5.74) is 3.73. The number of halogens is 1. The highest BCUT2D eigenvalue weighted by molar-refractivity contribution is 6.30. The average Bonchev–Trinajstić information content (AvgIpc) is 3.24. The third kappa shape index (κ3) is 2.85. The van der Waals surface area contributed by atoms with Crippen molar-refractivity contribution in [3.05, 3.63) is 101 Å². The molecule has 3 aromatic carbocycles. The fraction of sp³-hybridized carbons (Fsp3) is 0.125. The largest absolute Gasteiger partial charge is 0.388 e. The highest BCUT2D eigenvalue weighted by atomic mass is 35.5. The van der Waals surface area contributed by atoms with Crippen LogP contribution in [0.5, 0.6) is 0 Å². The van der Waals surface area contributed by atoms with Crippen molar-refractivity contribution in [2.75, 3.05) is 4.90 Å². The lowest BCUT2D eigenvalue weighted by Crippen LogP contribution is -2.52. The van der Waals surface area contributed by atoms with Gasteiger partial charge in [-0.2, -0.15) is 5.26 Å². The van der Waals surface area contributed by atoms with Crippen molar-refractivity contribution >= 4 is 28.9 Å². The standard InChI is InChI=1S/C24H16ClN3O2/c25-17-12-10-15(11-13-17)22-21-18-8-4-5-9-19(18)28(20(14-26)23(21)30-27-22)24(29)16-6-2-1-3-7-16/h1-13,20-21,23H/t20-,21-,23-/m1/s1. The van der Waals surface area contributed by atoms with Crippen molar-refractivity contribution in [2.24, 2.45) is 5.16 Å². The molecule has 2 heterocycles. The summed E-state index contributed by atoms with van der Waals surface area (Å²) in [6.45, 7) is 0. The number of carbonyl (C=O) groups excluding carboxylic acids is 1. The molecule has 3 atom stereocenters. The van der Waals surface area contributed by atoms with Gasteiger partial charge < -0.3 is 4.84 Å². The first-order chi connectivity index (χ1) is 14.7. The third-order valence-corrected chi connectivity index (χ3v) is 5.78. The van der Waals surface area contributed by atoms with Crippen molar-refractivity contribution in [3.8, 4) is 6.07 Å². The van der Waals surface area contributed by atoms with Crippen LogP contribution in [0.2, 0.25) is 5.02 Å². The van der Waals surface area contributed by atoms with Crippen LogP contribution in [-0.4, -0.2) is 23.8 Å². The molecule has 30 heavy (non-hydrogen) atoms. The molecule has 3 aromatic rings. The molecule has 0 aliphatic carbocycles. The Labute approximate surface area is 178 Å². The zero-order chi connectivity index (χ0) is 20.7. The van der Waals surface area contributed by atoms with E-state index < -0.39 is 12.1 Å². The predicted octanol–water partition coefficient (Wildman–Crippen LogP) is 4.78. The number of para-hydroxylation sites is 1. The van der Waals surface area contributed by atoms with Crippen LogP contribution < -0.4 is 4.90 Å². The summed E-state index contributed by atoms with van der Waals surface area (Å²) in [5.74, 6) is -0.497. The van der Waals surface area contributed by atoms with E-state index in [0.717, 1.165) is 16.8 Å². The van der Waals surface area contributed by atoms with Gasteiger partial charge in [0.1, 0.15) is 0 Å². The Morgan fingerprint density at radius 3 is 2.43 bits per heavy atom. The summed E-state index contributed by atoms with van der Waals surface area (Å²) < 4.78 is 0. The van der Waals surface area contributed by atoms with E-state index in [9.17, 15) is 10.1 Å². The number of benzene rings is 3. The number of hydrogen-bond acceptors (Lipinski definition) is 4. The molecule has 0 bridgehead atoms. The van der Waals surface area contributed by atoms with Crippen LogP contribution in [0.4, 0.5) is 5.69 Å². The topological polar surface area (TPSA) is 65.7 Å². The van der Waals surface area contributed by atoms with Crippen molar-refractivity contribution in [2.45, 2.75) is 18.1 Å². The maximum atomic E-state index is 13.4. The summed E-state index contributed by atoms with van der Waals surface area (Å²) >= 11 is 6.04. The molecule has 1 amide bonds. The van der Waals surface area contributed by atoms with E-state index in [0.29, 0.717) is 16.3 Å². The van der Waals surface area contributed by atoms with E-state index >= 15 is 0 Å². The van der Waals surface area contributed by atoms with Gasteiger partial charge in [-0.25, -0.2) is 0 Å². The van der Waals surface area contributed by atoms with E-state index in [1.54, 1.807) is 36.4 Å². The summed E-state index contributed by atoms with van der Waals surface area (Å²) in [7, 11) is 0. The molecule has 0 radical (unpaired) electrons. The number of fused-ring (bicyclic) bond motifs is 3. The maximum Gasteiger partial charge on any atom is 0.259 e. The van der Waals surface area contributed by atoms with E-state index in [2.05, 4.69) is 11.2 Å². The van der Waals surface area contributed by atoms with Gasteiger partial charge >= 0.3 is 0 Å². The molecule has 0 fully saturated rings. The van der Waals surface area contributed by atoms with Crippen LogP contribution in [0.3, 0.4) is 0 Å². The molecule has 0 unspecified atom stereocenters. The van der Waals surface area contributed by atoms with Crippen LogP contribution in [0.25, 0.3) is 0 Å². The van der Waals surface area contributed by atoms with Gasteiger partial charge in [0.25, 0.3) is 5.91 Å². The average molecular weight is 414 g/mol. The minimum Gasteiger partial charge on any atom is -0.388 e. The Kier molecular flexibility index (Phi) is 4.50. The summed E-state index contributed by atoms with van der Waals surface area (Å²) in [4.78, 5) is 20.7. The fourth-order valence-corrected chi connectivity index (χ4v) is 4.29. The minimum absolute atomic E-state index is 0.239. The van der Waals surface area contributed by atoms with Crippen LogP contribution in [0.15, 0.2) is 84.0 Å². The Balaban J connectivity index is 1.63. The van der Waals surface area contributed by atoms with Crippen molar-refractivity contribution < 1.29 is 9.63 Å². The molecule has 2 aliphatic rings. The fourth-order valence-electron chi connectivity index (χ4n) is 4.16. The molecule has 0 N–H and O–H groups in total. The Morgan fingerprint density at radius 2 is 1.70 bits per heavy atom. The van der Waals surface area contributed by atoms with Crippen LogP contribution in [0.1, 0.15) is 27.4 Å². The first-order valence-corrected chi connectivity index (χ1v) is 9.93. The minimum atomic E-state index is -0.814. The smallest absolute Gasteiger partial charge is 0.259 e. The van der Waals surface area contributed by atoms with Crippen molar-refractivity contribution in [3.63, 3.8) is 0 Å². The molecular formula is C24H16ClN3O2. The normalized spacial score (nSPS) is 21.7. The molecular weight excluding hydrogens is 398 g/mol. The zero-order valence-electron chi connectivity index (χ0n) is 15.8. The Hall–Kier alpha value is -3.62. The quantitative estimate of drug-likeness (QED) is 0.607. The van der Waals surface area contributed by atoms with Crippen molar-refractivity contribution in [1.82, 2.24) is 0 Å². The van der Waals surface area contributed by atoms with Gasteiger partial charge in [0.05, 0.1) is 17.7 Å². The number of rotatable bonds is 2. The molecule has 0 saturated carbocycles. The number of hydrogen-bond donors (Lipinski definition) is 0. The maximum absolute atomic E-state index is 13.4. The highest BCUT2D eigenvalue weighted by Gasteiger charge is 2.50.